The summed E-state index contributed by atoms with van der Waals surface area (Å²) < 4.78 is 0. The Morgan fingerprint density at radius 2 is 2.00 bits per heavy atom. The second kappa shape index (κ2) is 5.74. The molecule has 35 valence electrons. The summed E-state index contributed by atoms with van der Waals surface area (Å²) in [7, 11) is 2.66. The van der Waals surface area contributed by atoms with E-state index in [9.17, 15) is 4.79 Å². The van der Waals surface area contributed by atoms with Crippen molar-refractivity contribution in [3.8, 4) is 0 Å². The maximum absolute atomic E-state index is 9.61. The second-order valence-electron chi connectivity index (χ2n) is 0.568. The van der Waals surface area contributed by atoms with E-state index in [1.807, 2.05) is 0 Å². The number of carbonyl (C=O) groups is 1. The molecule has 0 atom stereocenters. The van der Waals surface area contributed by atoms with E-state index in [1.54, 1.807) is 0 Å². The first-order valence-electron chi connectivity index (χ1n) is 1.15. The zero-order valence-electron chi connectivity index (χ0n) is 3.19. The molecular formula is C3H6OPPo. The molecule has 0 fully saturated rings. The fourth-order valence-electron chi connectivity index (χ4n) is 0. The predicted octanol–water partition coefficient (Wildman–Crippen LogP) is -0.0744. The van der Waals surface area contributed by atoms with Crippen molar-refractivity contribution < 1.29 is 4.79 Å². The van der Waals surface area contributed by atoms with E-state index in [-0.39, 0.29) is 32.1 Å². The van der Waals surface area contributed by atoms with Gasteiger partial charge in [0.2, 0.25) is 0 Å². The molecule has 0 bridgehead atoms. The molecule has 0 heterocycles. The van der Waals surface area contributed by atoms with Crippen LogP contribution < -0.4 is 0 Å². The van der Waals surface area contributed by atoms with E-state index >= 15 is 0 Å². The van der Waals surface area contributed by atoms with Crippen LogP contribution in [0.4, 0.5) is 0 Å². The van der Waals surface area contributed by atoms with E-state index in [0.29, 0.717) is 0 Å². The Hall–Kier alpha value is 0.736. The summed E-state index contributed by atoms with van der Waals surface area (Å²) in [5, 5.41) is 0. The molecule has 0 aliphatic carbocycles. The minimum atomic E-state index is -0.176. The maximum atomic E-state index is 9.61. The molecule has 0 N–H and O–H groups in total. The van der Waals surface area contributed by atoms with Gasteiger partial charge in [-0.25, -0.2) is 0 Å². The minimum absolute atomic E-state index is 0. The van der Waals surface area contributed by atoms with E-state index in [4.69, 9.17) is 0 Å². The first-order valence-corrected chi connectivity index (χ1v) is 1.65. The SMILES string of the molecule is C=CC(=O)[PH].[PoH2]. The molecule has 0 spiro atoms. The molecule has 0 aliphatic rings. The van der Waals surface area contributed by atoms with Crippen LogP contribution in [-0.4, -0.2) is 32.1 Å². The van der Waals surface area contributed by atoms with Gasteiger partial charge in [0.25, 0.3) is 0 Å². The van der Waals surface area contributed by atoms with Crippen LogP contribution in [0.1, 0.15) is 0 Å². The summed E-state index contributed by atoms with van der Waals surface area (Å²) in [4.78, 5) is 9.61. The van der Waals surface area contributed by atoms with Crippen LogP contribution in [-0.2, 0) is 4.79 Å². The van der Waals surface area contributed by atoms with Gasteiger partial charge < -0.3 is 0 Å². The van der Waals surface area contributed by atoms with Crippen LogP contribution in [0.15, 0.2) is 12.7 Å². The third-order valence-electron chi connectivity index (χ3n) is 0.185. The monoisotopic (exact) mass is 298 g/mol. The predicted molar refractivity (Wildman–Crippen MR) is 32.1 cm³/mol. The molecule has 6 heavy (non-hydrogen) atoms. The van der Waals surface area contributed by atoms with Gasteiger partial charge in [-0.2, -0.15) is 0 Å². The Kier molecular flexibility index (Phi) is 9.45. The van der Waals surface area contributed by atoms with Gasteiger partial charge in [0, 0.05) is 0 Å². The number of rotatable bonds is 1. The van der Waals surface area contributed by atoms with Crippen LogP contribution >= 0.6 is 9.24 Å². The normalized spacial score (nSPS) is 5.50. The van der Waals surface area contributed by atoms with Crippen molar-refractivity contribution in [2.24, 2.45) is 0 Å². The van der Waals surface area contributed by atoms with Gasteiger partial charge in [0.05, 0.1) is 0 Å². The van der Waals surface area contributed by atoms with Crippen molar-refractivity contribution in [3.05, 3.63) is 12.7 Å². The molecule has 0 saturated carbocycles. The molecular weight excluding hydrogens is 292 g/mol. The number of carbonyl (C=O) groups excluding carboxylic acids is 1. The molecule has 0 rings (SSSR count). The molecule has 0 unspecified atom stereocenters. The van der Waals surface area contributed by atoms with E-state index in [2.05, 4.69) is 15.8 Å². The Morgan fingerprint density at radius 1 is 1.83 bits per heavy atom. The summed E-state index contributed by atoms with van der Waals surface area (Å²) in [6.45, 7) is 3.16. The molecule has 1 nitrogen and oxygen atoms in total. The Labute approximate surface area is 58.9 Å². The standard InChI is InChI=1S/C3H4OP.Po.2H/c1-2-3(4)5;;;/h2,5H,1H2;;;. The van der Waals surface area contributed by atoms with Gasteiger partial charge in [-0.05, 0) is 15.3 Å². The van der Waals surface area contributed by atoms with Crippen molar-refractivity contribution >= 4 is 41.3 Å². The first kappa shape index (κ1) is 9.88. The van der Waals surface area contributed by atoms with Crippen LogP contribution in [0.2, 0.25) is 0 Å². The Morgan fingerprint density at radius 3 is 2.00 bits per heavy atom. The van der Waals surface area contributed by atoms with Gasteiger partial charge in [-0.3, -0.25) is 4.79 Å². The van der Waals surface area contributed by atoms with Gasteiger partial charge in [-0.15, -0.1) is 0 Å². The molecule has 0 aliphatic heterocycles. The molecule has 3 heteroatoms. The fraction of sp³-hybridized carbons (Fsp3) is 0. The first-order chi connectivity index (χ1) is 2.27. The van der Waals surface area contributed by atoms with Crippen molar-refractivity contribution in [1.29, 1.82) is 0 Å². The summed E-state index contributed by atoms with van der Waals surface area (Å²) in [5.74, 6) is 0. The zero-order valence-corrected chi connectivity index (χ0v) is 8.08. The van der Waals surface area contributed by atoms with Crippen molar-refractivity contribution in [3.63, 3.8) is 0 Å². The zero-order chi connectivity index (χ0) is 4.28. The topological polar surface area (TPSA) is 17.1 Å². The average molecular weight is 298 g/mol. The third kappa shape index (κ3) is 8.83. The summed E-state index contributed by atoms with van der Waals surface area (Å²) in [6, 6.07) is 0. The van der Waals surface area contributed by atoms with Gasteiger partial charge in [0.1, 0.15) is 0 Å². The van der Waals surface area contributed by atoms with E-state index in [1.165, 1.54) is 6.08 Å². The summed E-state index contributed by atoms with van der Waals surface area (Å²) >= 11 is 0. The number of hydrogen-bond donors (Lipinski definition) is 0. The molecule has 1 radical (unpaired) electrons. The summed E-state index contributed by atoms with van der Waals surface area (Å²) in [6.07, 6.45) is 1.19. The van der Waals surface area contributed by atoms with Crippen molar-refractivity contribution in [1.82, 2.24) is 0 Å². The van der Waals surface area contributed by atoms with E-state index in [0.717, 1.165) is 0 Å². The van der Waals surface area contributed by atoms with Crippen LogP contribution in [0.5, 0.6) is 0 Å². The quantitative estimate of drug-likeness (QED) is 0.489. The van der Waals surface area contributed by atoms with Crippen LogP contribution in [0.25, 0.3) is 0 Å². The van der Waals surface area contributed by atoms with Crippen molar-refractivity contribution in [2.75, 3.05) is 0 Å². The molecule has 0 aromatic rings. The van der Waals surface area contributed by atoms with Crippen LogP contribution in [0.3, 0.4) is 0 Å². The average Bonchev–Trinajstić information content (AvgIpc) is 1.38. The fourth-order valence-corrected chi connectivity index (χ4v) is 0. The second-order valence-corrected chi connectivity index (χ2v) is 1.06. The Balaban J connectivity index is 0. The molecule has 0 amide bonds. The van der Waals surface area contributed by atoms with Crippen molar-refractivity contribution in [2.45, 2.75) is 0 Å². The van der Waals surface area contributed by atoms with Gasteiger partial charge in [0.15, 0.2) is 5.52 Å². The molecule has 0 aromatic heterocycles. The summed E-state index contributed by atoms with van der Waals surface area (Å²) in [5.41, 5.74) is -0.176. The Bertz CT molecular complexity index is 61.8. The molecule has 0 aromatic carbocycles. The van der Waals surface area contributed by atoms with E-state index < -0.39 is 0 Å². The number of allylic oxidation sites excluding steroid dienone is 1. The third-order valence-corrected chi connectivity index (χ3v) is 0.390. The van der Waals surface area contributed by atoms with Gasteiger partial charge in [-0.1, -0.05) is 6.58 Å². The van der Waals surface area contributed by atoms with Crippen LogP contribution in [0, 0.1) is 0 Å². The van der Waals surface area contributed by atoms with Gasteiger partial charge >= 0.3 is 26.6 Å². The number of hydrogen-bond acceptors (Lipinski definition) is 1. The molecule has 0 saturated heterocycles.